The van der Waals surface area contributed by atoms with Crippen molar-refractivity contribution >= 4 is 17.5 Å². The van der Waals surface area contributed by atoms with E-state index in [1.807, 2.05) is 24.3 Å². The zero-order valence-electron chi connectivity index (χ0n) is 16.8. The third kappa shape index (κ3) is 3.36. The maximum absolute atomic E-state index is 12.7. The second kappa shape index (κ2) is 7.75. The molecule has 0 aromatic heterocycles. The molecule has 1 aliphatic carbocycles. The average Bonchev–Trinajstić information content (AvgIpc) is 3.12. The number of carbonyl (C=O) groups is 1. The molecule has 1 amide bonds. The predicted molar refractivity (Wildman–Crippen MR) is 120 cm³/mol. The van der Waals surface area contributed by atoms with E-state index in [-0.39, 0.29) is 12.0 Å². The molecule has 30 heavy (non-hydrogen) atoms. The minimum absolute atomic E-state index is 0.0948. The Balaban J connectivity index is 1.22. The van der Waals surface area contributed by atoms with E-state index in [4.69, 9.17) is 10.5 Å². The van der Waals surface area contributed by atoms with Gasteiger partial charge in [-0.05, 0) is 46.5 Å². The number of carbonyl (C=O) groups excluding carboxylic acids is 1. The number of fused-ring (bicyclic) bond motifs is 3. The number of nitrogens with zero attached hydrogens (tertiary/aromatic N) is 2. The Morgan fingerprint density at radius 3 is 2.00 bits per heavy atom. The highest BCUT2D eigenvalue weighted by Gasteiger charge is 2.30. The number of piperazine rings is 1. The summed E-state index contributed by atoms with van der Waals surface area (Å²) in [6, 6.07) is 24.7. The second-order valence-corrected chi connectivity index (χ2v) is 7.87. The number of anilines is 2. The summed E-state index contributed by atoms with van der Waals surface area (Å²) in [5.74, 6) is 0.0948. The molecular weight excluding hydrogens is 374 g/mol. The number of nitrogens with two attached hydrogens (primary N) is 1. The first-order chi connectivity index (χ1) is 14.7. The lowest BCUT2D eigenvalue weighted by atomic mass is 9.98. The fourth-order valence-electron chi connectivity index (χ4n) is 4.52. The molecular formula is C25H25N3O2. The van der Waals surface area contributed by atoms with Crippen molar-refractivity contribution in [3.8, 4) is 11.1 Å². The van der Waals surface area contributed by atoms with Crippen LogP contribution in [0.5, 0.6) is 0 Å². The summed E-state index contributed by atoms with van der Waals surface area (Å²) < 4.78 is 5.79. The van der Waals surface area contributed by atoms with Gasteiger partial charge in [0.2, 0.25) is 0 Å². The molecule has 0 spiro atoms. The Hall–Kier alpha value is -3.47. The Bertz CT molecular complexity index is 1010. The zero-order valence-corrected chi connectivity index (χ0v) is 16.8. The highest BCUT2D eigenvalue weighted by atomic mass is 16.6. The molecule has 1 saturated heterocycles. The molecule has 1 fully saturated rings. The van der Waals surface area contributed by atoms with Crippen LogP contribution >= 0.6 is 0 Å². The van der Waals surface area contributed by atoms with Gasteiger partial charge >= 0.3 is 6.09 Å². The van der Waals surface area contributed by atoms with Crippen LogP contribution in [-0.2, 0) is 4.74 Å². The monoisotopic (exact) mass is 399 g/mol. The third-order valence-electron chi connectivity index (χ3n) is 6.13. The van der Waals surface area contributed by atoms with E-state index < -0.39 is 0 Å². The molecule has 0 radical (unpaired) electrons. The quantitative estimate of drug-likeness (QED) is 0.666. The molecule has 5 nitrogen and oxygen atoms in total. The SMILES string of the molecule is Nc1ccc(N2CCN(C(=O)OCC3c4ccccc4-c4ccccc43)CC2)cc1. The van der Waals surface area contributed by atoms with E-state index in [1.54, 1.807) is 4.90 Å². The third-order valence-corrected chi connectivity index (χ3v) is 6.13. The molecule has 0 unspecified atom stereocenters. The van der Waals surface area contributed by atoms with Crippen LogP contribution in [0.2, 0.25) is 0 Å². The molecule has 152 valence electrons. The number of hydrogen-bond acceptors (Lipinski definition) is 4. The summed E-state index contributed by atoms with van der Waals surface area (Å²) in [6.07, 6.45) is -0.228. The van der Waals surface area contributed by atoms with E-state index in [2.05, 4.69) is 53.4 Å². The van der Waals surface area contributed by atoms with Crippen molar-refractivity contribution in [3.05, 3.63) is 83.9 Å². The van der Waals surface area contributed by atoms with Crippen LogP contribution in [0, 0.1) is 0 Å². The summed E-state index contributed by atoms with van der Waals surface area (Å²) in [7, 11) is 0. The molecule has 3 aromatic carbocycles. The van der Waals surface area contributed by atoms with E-state index in [0.717, 1.165) is 24.5 Å². The molecule has 0 bridgehead atoms. The van der Waals surface area contributed by atoms with Crippen LogP contribution in [0.25, 0.3) is 11.1 Å². The maximum Gasteiger partial charge on any atom is 0.409 e. The Labute approximate surface area is 176 Å². The molecule has 5 heteroatoms. The van der Waals surface area contributed by atoms with Gasteiger partial charge in [0.1, 0.15) is 6.61 Å². The van der Waals surface area contributed by atoms with Gasteiger partial charge in [0.25, 0.3) is 0 Å². The van der Waals surface area contributed by atoms with Gasteiger partial charge in [0.15, 0.2) is 0 Å². The van der Waals surface area contributed by atoms with Crippen molar-refractivity contribution in [3.63, 3.8) is 0 Å². The summed E-state index contributed by atoms with van der Waals surface area (Å²) in [6.45, 7) is 3.25. The lowest BCUT2D eigenvalue weighted by molar-refractivity contribution is 0.0977. The van der Waals surface area contributed by atoms with Crippen LogP contribution in [0.15, 0.2) is 72.8 Å². The van der Waals surface area contributed by atoms with Crippen molar-refractivity contribution in [1.29, 1.82) is 0 Å². The summed E-state index contributed by atoms with van der Waals surface area (Å²) >= 11 is 0. The number of benzene rings is 3. The fraction of sp³-hybridized carbons (Fsp3) is 0.240. The van der Waals surface area contributed by atoms with Gasteiger partial charge in [-0.15, -0.1) is 0 Å². The van der Waals surface area contributed by atoms with Gasteiger partial charge < -0.3 is 20.3 Å². The average molecular weight is 399 g/mol. The Morgan fingerprint density at radius 2 is 1.40 bits per heavy atom. The van der Waals surface area contributed by atoms with Crippen molar-refractivity contribution in [1.82, 2.24) is 4.90 Å². The van der Waals surface area contributed by atoms with Gasteiger partial charge in [-0.1, -0.05) is 48.5 Å². The lowest BCUT2D eigenvalue weighted by Crippen LogP contribution is -2.49. The van der Waals surface area contributed by atoms with Crippen LogP contribution < -0.4 is 10.6 Å². The molecule has 2 N–H and O–H groups in total. The number of hydrogen-bond donors (Lipinski definition) is 1. The predicted octanol–water partition coefficient (Wildman–Crippen LogP) is 4.34. The second-order valence-electron chi connectivity index (χ2n) is 7.87. The van der Waals surface area contributed by atoms with Crippen molar-refractivity contribution in [2.75, 3.05) is 43.4 Å². The number of amides is 1. The van der Waals surface area contributed by atoms with Gasteiger partial charge in [-0.2, -0.15) is 0 Å². The molecule has 0 saturated carbocycles. The van der Waals surface area contributed by atoms with Crippen LogP contribution in [0.1, 0.15) is 17.0 Å². The van der Waals surface area contributed by atoms with Gasteiger partial charge in [0.05, 0.1) is 0 Å². The Kier molecular flexibility index (Phi) is 4.79. The minimum Gasteiger partial charge on any atom is -0.448 e. The van der Waals surface area contributed by atoms with Gasteiger partial charge in [0, 0.05) is 43.5 Å². The Morgan fingerprint density at radius 1 is 0.833 bits per heavy atom. The highest BCUT2D eigenvalue weighted by molar-refractivity contribution is 5.79. The first-order valence-corrected chi connectivity index (χ1v) is 10.4. The normalized spacial score (nSPS) is 15.6. The van der Waals surface area contributed by atoms with E-state index >= 15 is 0 Å². The topological polar surface area (TPSA) is 58.8 Å². The smallest absolute Gasteiger partial charge is 0.409 e. The van der Waals surface area contributed by atoms with Crippen molar-refractivity contribution in [2.45, 2.75) is 5.92 Å². The van der Waals surface area contributed by atoms with E-state index in [0.29, 0.717) is 19.7 Å². The van der Waals surface area contributed by atoms with E-state index in [9.17, 15) is 4.79 Å². The summed E-state index contributed by atoms with van der Waals surface area (Å²) in [5, 5.41) is 0. The van der Waals surface area contributed by atoms with Crippen LogP contribution in [-0.4, -0.2) is 43.8 Å². The molecule has 5 rings (SSSR count). The van der Waals surface area contributed by atoms with Crippen LogP contribution in [0.4, 0.5) is 16.2 Å². The minimum atomic E-state index is -0.228. The number of nitrogen functional groups attached to an aromatic ring is 1. The van der Waals surface area contributed by atoms with E-state index in [1.165, 1.54) is 22.3 Å². The fourth-order valence-corrected chi connectivity index (χ4v) is 4.52. The number of rotatable bonds is 3. The van der Waals surface area contributed by atoms with Crippen molar-refractivity contribution < 1.29 is 9.53 Å². The van der Waals surface area contributed by atoms with Gasteiger partial charge in [-0.3, -0.25) is 0 Å². The molecule has 0 atom stereocenters. The molecule has 1 aliphatic heterocycles. The molecule has 1 heterocycles. The number of ether oxygens (including phenoxy) is 1. The maximum atomic E-state index is 12.7. The largest absolute Gasteiger partial charge is 0.448 e. The molecule has 3 aromatic rings. The lowest BCUT2D eigenvalue weighted by Gasteiger charge is -2.35. The first kappa shape index (κ1) is 18.6. The highest BCUT2D eigenvalue weighted by Crippen LogP contribution is 2.44. The summed E-state index contributed by atoms with van der Waals surface area (Å²) in [4.78, 5) is 16.8. The standard InChI is InChI=1S/C25H25N3O2/c26-18-9-11-19(12-10-18)27-13-15-28(16-14-27)25(29)30-17-24-22-7-3-1-5-20(22)21-6-2-4-8-23(21)24/h1-12,24H,13-17,26H2. The molecule has 2 aliphatic rings. The van der Waals surface area contributed by atoms with Crippen molar-refractivity contribution in [2.24, 2.45) is 0 Å². The zero-order chi connectivity index (χ0) is 20.5. The van der Waals surface area contributed by atoms with Crippen LogP contribution in [0.3, 0.4) is 0 Å². The summed E-state index contributed by atoms with van der Waals surface area (Å²) in [5.41, 5.74) is 12.6. The first-order valence-electron chi connectivity index (χ1n) is 10.4. The van der Waals surface area contributed by atoms with Gasteiger partial charge in [-0.25, -0.2) is 4.79 Å².